The molecule has 0 fully saturated rings. The molecule has 1 atom stereocenters. The topological polar surface area (TPSA) is 80.5 Å². The molecular formula is C23H36N4O3. The minimum atomic E-state index is -0.792. The second-order valence-electron chi connectivity index (χ2n) is 7.91. The lowest BCUT2D eigenvalue weighted by Gasteiger charge is -2.14. The smallest absolute Gasteiger partial charge is 0.305 e. The number of likely N-dealkylation sites (N-methyl/N-ethyl adjacent to an activating group) is 1. The Morgan fingerprint density at radius 1 is 1.20 bits per heavy atom. The molecule has 1 aromatic heterocycles. The van der Waals surface area contributed by atoms with Crippen LogP contribution in [0.5, 0.6) is 0 Å². The molecule has 0 bridgehead atoms. The third-order valence-corrected chi connectivity index (χ3v) is 4.96. The molecule has 1 heterocycles. The summed E-state index contributed by atoms with van der Waals surface area (Å²) in [6.45, 7) is 4.02. The van der Waals surface area contributed by atoms with Gasteiger partial charge in [-0.3, -0.25) is 4.79 Å². The van der Waals surface area contributed by atoms with Crippen molar-refractivity contribution in [3.8, 4) is 0 Å². The maximum atomic E-state index is 11.7. The Morgan fingerprint density at radius 3 is 2.73 bits per heavy atom. The van der Waals surface area contributed by atoms with Gasteiger partial charge in [0, 0.05) is 25.7 Å². The summed E-state index contributed by atoms with van der Waals surface area (Å²) < 4.78 is 6.77. The first-order chi connectivity index (χ1) is 14.6. The van der Waals surface area contributed by atoms with Gasteiger partial charge in [0.15, 0.2) is 0 Å². The zero-order chi connectivity index (χ0) is 21.6. The number of carbonyl (C=O) groups is 1. The van der Waals surface area contributed by atoms with Crippen LogP contribution in [0, 0.1) is 0 Å². The van der Waals surface area contributed by atoms with Gasteiger partial charge in [-0.1, -0.05) is 68.2 Å². The van der Waals surface area contributed by atoms with Crippen molar-refractivity contribution in [1.82, 2.24) is 19.9 Å². The molecule has 2 rings (SSSR count). The molecule has 7 nitrogen and oxygen atoms in total. The van der Waals surface area contributed by atoms with E-state index in [2.05, 4.69) is 53.4 Å². The van der Waals surface area contributed by atoms with Gasteiger partial charge in [0.2, 0.25) is 0 Å². The average Bonchev–Trinajstić information content (AvgIpc) is 3.18. The molecule has 0 saturated heterocycles. The summed E-state index contributed by atoms with van der Waals surface area (Å²) in [5.74, 6) is -0.245. The predicted octanol–water partition coefficient (Wildman–Crippen LogP) is 3.22. The van der Waals surface area contributed by atoms with Crippen LogP contribution < -0.4 is 0 Å². The second-order valence-corrected chi connectivity index (χ2v) is 7.91. The van der Waals surface area contributed by atoms with Gasteiger partial charge < -0.3 is 14.7 Å². The van der Waals surface area contributed by atoms with Crippen LogP contribution in [0.3, 0.4) is 0 Å². The maximum absolute atomic E-state index is 11.7. The SMILES string of the molecule is CCCCCCCC(=O)OCC(O)Cn1cc(CN(C)CCc2ccccc2)nn1. The molecule has 0 amide bonds. The zero-order valence-electron chi connectivity index (χ0n) is 18.4. The van der Waals surface area contributed by atoms with E-state index in [0.29, 0.717) is 13.0 Å². The monoisotopic (exact) mass is 416 g/mol. The van der Waals surface area contributed by atoms with Gasteiger partial charge in [-0.2, -0.15) is 0 Å². The predicted molar refractivity (Wildman–Crippen MR) is 117 cm³/mol. The molecule has 0 aliphatic heterocycles. The first-order valence-electron chi connectivity index (χ1n) is 11.0. The minimum absolute atomic E-state index is 0.0139. The number of aliphatic hydroxyl groups is 1. The van der Waals surface area contributed by atoms with Crippen molar-refractivity contribution in [1.29, 1.82) is 0 Å². The van der Waals surface area contributed by atoms with Gasteiger partial charge in [0.1, 0.15) is 12.7 Å². The summed E-state index contributed by atoms with van der Waals surface area (Å²) in [5.41, 5.74) is 2.16. The van der Waals surface area contributed by atoms with Crippen LogP contribution in [-0.2, 0) is 29.0 Å². The zero-order valence-corrected chi connectivity index (χ0v) is 18.4. The van der Waals surface area contributed by atoms with E-state index in [4.69, 9.17) is 4.74 Å². The molecule has 1 unspecified atom stereocenters. The Bertz CT molecular complexity index is 720. The van der Waals surface area contributed by atoms with E-state index in [9.17, 15) is 9.90 Å². The summed E-state index contributed by atoms with van der Waals surface area (Å²) in [7, 11) is 2.05. The van der Waals surface area contributed by atoms with E-state index in [0.717, 1.165) is 37.9 Å². The molecule has 0 saturated carbocycles. The number of carbonyl (C=O) groups excluding carboxylic acids is 1. The fraction of sp³-hybridized carbons (Fsp3) is 0.609. The molecular weight excluding hydrogens is 380 g/mol. The van der Waals surface area contributed by atoms with Crippen molar-refractivity contribution in [2.75, 3.05) is 20.2 Å². The normalized spacial score (nSPS) is 12.3. The van der Waals surface area contributed by atoms with Crippen molar-refractivity contribution < 1.29 is 14.6 Å². The van der Waals surface area contributed by atoms with Crippen LogP contribution in [0.1, 0.15) is 56.7 Å². The Kier molecular flexibility index (Phi) is 11.1. The highest BCUT2D eigenvalue weighted by molar-refractivity contribution is 5.69. The highest BCUT2D eigenvalue weighted by Gasteiger charge is 2.12. The molecule has 1 aromatic carbocycles. The molecule has 2 aromatic rings. The number of esters is 1. The van der Waals surface area contributed by atoms with Gasteiger partial charge in [0.05, 0.1) is 12.2 Å². The number of ether oxygens (including phenoxy) is 1. The first-order valence-corrected chi connectivity index (χ1v) is 11.0. The Hall–Kier alpha value is -2.25. The summed E-state index contributed by atoms with van der Waals surface area (Å²) in [6, 6.07) is 10.4. The van der Waals surface area contributed by atoms with Gasteiger partial charge in [-0.05, 0) is 25.5 Å². The van der Waals surface area contributed by atoms with E-state index >= 15 is 0 Å². The Labute approximate surface area is 180 Å². The van der Waals surface area contributed by atoms with Crippen LogP contribution in [0.4, 0.5) is 0 Å². The van der Waals surface area contributed by atoms with Crippen molar-refractivity contribution in [3.05, 3.63) is 47.8 Å². The largest absolute Gasteiger partial charge is 0.463 e. The minimum Gasteiger partial charge on any atom is -0.463 e. The summed E-state index contributed by atoms with van der Waals surface area (Å²) in [5, 5.41) is 18.4. The summed E-state index contributed by atoms with van der Waals surface area (Å²) in [6.07, 6.45) is 7.88. The van der Waals surface area contributed by atoms with Crippen LogP contribution in [0.2, 0.25) is 0 Å². The molecule has 7 heteroatoms. The van der Waals surface area contributed by atoms with Crippen LogP contribution >= 0.6 is 0 Å². The molecule has 166 valence electrons. The fourth-order valence-corrected chi connectivity index (χ4v) is 3.22. The summed E-state index contributed by atoms with van der Waals surface area (Å²) in [4.78, 5) is 13.9. The number of nitrogens with zero attached hydrogens (tertiary/aromatic N) is 4. The molecule has 0 radical (unpaired) electrons. The highest BCUT2D eigenvalue weighted by Crippen LogP contribution is 2.07. The van der Waals surface area contributed by atoms with Crippen molar-refractivity contribution in [2.45, 2.75) is 71.1 Å². The number of benzene rings is 1. The van der Waals surface area contributed by atoms with E-state index in [-0.39, 0.29) is 19.1 Å². The van der Waals surface area contributed by atoms with Gasteiger partial charge in [0.25, 0.3) is 0 Å². The second kappa shape index (κ2) is 13.9. The third-order valence-electron chi connectivity index (χ3n) is 4.96. The first kappa shape index (κ1) is 24.0. The highest BCUT2D eigenvalue weighted by atomic mass is 16.5. The number of aliphatic hydroxyl groups excluding tert-OH is 1. The lowest BCUT2D eigenvalue weighted by molar-refractivity contribution is -0.147. The number of aromatic nitrogens is 3. The van der Waals surface area contributed by atoms with Gasteiger partial charge in [-0.25, -0.2) is 4.68 Å². The quantitative estimate of drug-likeness (QED) is 0.355. The Balaban J connectivity index is 1.62. The lowest BCUT2D eigenvalue weighted by atomic mass is 10.1. The van der Waals surface area contributed by atoms with Crippen molar-refractivity contribution >= 4 is 5.97 Å². The van der Waals surface area contributed by atoms with E-state index < -0.39 is 6.10 Å². The fourth-order valence-electron chi connectivity index (χ4n) is 3.22. The number of rotatable bonds is 15. The number of unbranched alkanes of at least 4 members (excludes halogenated alkanes) is 4. The van der Waals surface area contributed by atoms with E-state index in [1.54, 1.807) is 4.68 Å². The van der Waals surface area contributed by atoms with Crippen molar-refractivity contribution in [3.63, 3.8) is 0 Å². The van der Waals surface area contributed by atoms with E-state index in [1.807, 2.05) is 12.3 Å². The number of hydrogen-bond acceptors (Lipinski definition) is 6. The van der Waals surface area contributed by atoms with Gasteiger partial charge >= 0.3 is 5.97 Å². The standard InChI is InChI=1S/C23H36N4O3/c1-3-4-5-6-10-13-23(29)30-19-22(28)18-27-17-21(24-25-27)16-26(2)15-14-20-11-8-7-9-12-20/h7-9,11-12,17,22,28H,3-6,10,13-16,18-19H2,1-2H3. The third kappa shape index (κ3) is 9.98. The molecule has 1 N–H and O–H groups in total. The van der Waals surface area contributed by atoms with Gasteiger partial charge in [-0.15, -0.1) is 5.10 Å². The molecule has 0 aliphatic rings. The van der Waals surface area contributed by atoms with Crippen LogP contribution in [-0.4, -0.2) is 57.3 Å². The lowest BCUT2D eigenvalue weighted by Crippen LogP contribution is -2.24. The van der Waals surface area contributed by atoms with Crippen molar-refractivity contribution in [2.24, 2.45) is 0 Å². The number of hydrogen-bond donors (Lipinski definition) is 1. The molecule has 30 heavy (non-hydrogen) atoms. The summed E-state index contributed by atoms with van der Waals surface area (Å²) >= 11 is 0. The average molecular weight is 417 g/mol. The van der Waals surface area contributed by atoms with E-state index in [1.165, 1.54) is 18.4 Å². The Morgan fingerprint density at radius 2 is 1.97 bits per heavy atom. The van der Waals surface area contributed by atoms with Crippen LogP contribution in [0.25, 0.3) is 0 Å². The molecule has 0 aliphatic carbocycles. The van der Waals surface area contributed by atoms with Crippen LogP contribution in [0.15, 0.2) is 36.5 Å². The maximum Gasteiger partial charge on any atom is 0.305 e. The molecule has 0 spiro atoms.